The number of halogens is 3. The molecule has 2 aromatic rings. The second-order valence-corrected chi connectivity index (χ2v) is 6.13. The molecule has 1 heterocycles. The zero-order valence-corrected chi connectivity index (χ0v) is 13.3. The summed E-state index contributed by atoms with van der Waals surface area (Å²) in [5, 5.41) is 10.4. The second-order valence-electron chi connectivity index (χ2n) is 3.94. The SMILES string of the molecule is Cc1cn(-c2c(Cl)cc(Cl)cc2Cl)c(SCC(=O)O)n1. The van der Waals surface area contributed by atoms with Gasteiger partial charge in [0, 0.05) is 11.2 Å². The van der Waals surface area contributed by atoms with Crippen molar-refractivity contribution >= 4 is 52.5 Å². The van der Waals surface area contributed by atoms with E-state index in [0.717, 1.165) is 17.5 Å². The van der Waals surface area contributed by atoms with E-state index in [1.807, 2.05) is 0 Å². The predicted molar refractivity (Wildman–Crippen MR) is 81.7 cm³/mol. The molecule has 1 aromatic carbocycles. The molecule has 0 spiro atoms. The van der Waals surface area contributed by atoms with Crippen LogP contribution in [-0.4, -0.2) is 26.4 Å². The van der Waals surface area contributed by atoms with Crippen LogP contribution in [0, 0.1) is 6.92 Å². The number of carbonyl (C=O) groups is 1. The molecule has 0 saturated heterocycles. The van der Waals surface area contributed by atoms with Crippen LogP contribution in [0.1, 0.15) is 5.69 Å². The zero-order valence-electron chi connectivity index (χ0n) is 10.2. The fourth-order valence-corrected chi connectivity index (χ4v) is 3.37. The Kier molecular flexibility index (Phi) is 4.86. The van der Waals surface area contributed by atoms with Crippen LogP contribution in [0.3, 0.4) is 0 Å². The molecule has 4 nitrogen and oxygen atoms in total. The van der Waals surface area contributed by atoms with Gasteiger partial charge < -0.3 is 5.11 Å². The smallest absolute Gasteiger partial charge is 0.313 e. The van der Waals surface area contributed by atoms with Gasteiger partial charge in [-0.1, -0.05) is 46.6 Å². The van der Waals surface area contributed by atoms with Crippen LogP contribution in [0.15, 0.2) is 23.5 Å². The van der Waals surface area contributed by atoms with E-state index in [-0.39, 0.29) is 5.75 Å². The Morgan fingerprint density at radius 2 is 1.95 bits per heavy atom. The number of nitrogens with zero attached hydrogens (tertiary/aromatic N) is 2. The summed E-state index contributed by atoms with van der Waals surface area (Å²) < 4.78 is 1.67. The van der Waals surface area contributed by atoms with E-state index in [1.165, 1.54) is 0 Å². The normalized spacial score (nSPS) is 10.8. The molecular weight excluding hydrogens is 343 g/mol. The number of carboxylic acids is 1. The molecule has 0 bridgehead atoms. The molecule has 0 radical (unpaired) electrons. The number of rotatable bonds is 4. The van der Waals surface area contributed by atoms with Gasteiger partial charge in [0.05, 0.1) is 27.2 Å². The Bertz CT molecular complexity index is 650. The number of benzene rings is 1. The van der Waals surface area contributed by atoms with Crippen molar-refractivity contribution in [2.45, 2.75) is 12.1 Å². The van der Waals surface area contributed by atoms with Crippen LogP contribution in [0.5, 0.6) is 0 Å². The first-order chi connectivity index (χ1) is 9.38. The molecule has 0 amide bonds. The quantitative estimate of drug-likeness (QED) is 0.834. The Labute approximate surface area is 134 Å². The summed E-state index contributed by atoms with van der Waals surface area (Å²) >= 11 is 19.3. The molecule has 1 aromatic heterocycles. The van der Waals surface area contributed by atoms with Gasteiger partial charge in [0.2, 0.25) is 0 Å². The molecule has 0 fully saturated rings. The fourth-order valence-electron chi connectivity index (χ4n) is 1.63. The maximum absolute atomic E-state index is 10.7. The molecule has 1 N–H and O–H groups in total. The zero-order chi connectivity index (χ0) is 14.9. The average Bonchev–Trinajstić information content (AvgIpc) is 2.66. The number of hydrogen-bond donors (Lipinski definition) is 1. The summed E-state index contributed by atoms with van der Waals surface area (Å²) in [6.45, 7) is 1.80. The van der Waals surface area contributed by atoms with Crippen LogP contribution < -0.4 is 0 Å². The van der Waals surface area contributed by atoms with Crippen molar-refractivity contribution in [3.05, 3.63) is 39.1 Å². The van der Waals surface area contributed by atoms with Crippen molar-refractivity contribution in [2.24, 2.45) is 0 Å². The number of hydrogen-bond acceptors (Lipinski definition) is 3. The molecule has 2 rings (SSSR count). The van der Waals surface area contributed by atoms with Gasteiger partial charge in [-0.2, -0.15) is 0 Å². The van der Waals surface area contributed by atoms with E-state index in [9.17, 15) is 4.79 Å². The number of thioether (sulfide) groups is 1. The van der Waals surface area contributed by atoms with Gasteiger partial charge >= 0.3 is 5.97 Å². The van der Waals surface area contributed by atoms with E-state index in [4.69, 9.17) is 39.9 Å². The third kappa shape index (κ3) is 3.41. The topological polar surface area (TPSA) is 55.1 Å². The van der Waals surface area contributed by atoms with Crippen LogP contribution in [0.25, 0.3) is 5.69 Å². The summed E-state index contributed by atoms with van der Waals surface area (Å²) in [4.78, 5) is 15.0. The molecule has 106 valence electrons. The number of carboxylic acid groups (broad SMARTS) is 1. The highest BCUT2D eigenvalue weighted by Crippen LogP contribution is 2.34. The van der Waals surface area contributed by atoms with E-state index in [1.54, 1.807) is 29.8 Å². The number of aryl methyl sites for hydroxylation is 1. The summed E-state index contributed by atoms with van der Waals surface area (Å²) in [6, 6.07) is 3.15. The third-order valence-corrected chi connectivity index (χ3v) is 4.07. The summed E-state index contributed by atoms with van der Waals surface area (Å²) in [5.74, 6) is -1.02. The van der Waals surface area contributed by atoms with Crippen LogP contribution in [0.4, 0.5) is 0 Å². The molecule has 0 aliphatic rings. The largest absolute Gasteiger partial charge is 0.481 e. The molecule has 0 atom stereocenters. The average molecular weight is 352 g/mol. The van der Waals surface area contributed by atoms with Gasteiger partial charge in [-0.15, -0.1) is 0 Å². The monoisotopic (exact) mass is 350 g/mol. The molecule has 20 heavy (non-hydrogen) atoms. The van der Waals surface area contributed by atoms with Gasteiger partial charge in [0.25, 0.3) is 0 Å². The van der Waals surface area contributed by atoms with E-state index >= 15 is 0 Å². The highest BCUT2D eigenvalue weighted by atomic mass is 35.5. The Morgan fingerprint density at radius 3 is 2.50 bits per heavy atom. The van der Waals surface area contributed by atoms with Gasteiger partial charge in [-0.3, -0.25) is 9.36 Å². The van der Waals surface area contributed by atoms with Crippen molar-refractivity contribution < 1.29 is 9.90 Å². The molecule has 0 saturated carbocycles. The Morgan fingerprint density at radius 1 is 1.35 bits per heavy atom. The lowest BCUT2D eigenvalue weighted by Gasteiger charge is -2.11. The second kappa shape index (κ2) is 6.26. The number of aliphatic carboxylic acids is 1. The minimum Gasteiger partial charge on any atom is -0.481 e. The van der Waals surface area contributed by atoms with Gasteiger partial charge in [-0.05, 0) is 19.1 Å². The molecular formula is C12H9Cl3N2O2S. The Balaban J connectivity index is 2.50. The van der Waals surface area contributed by atoms with Gasteiger partial charge in [0.1, 0.15) is 0 Å². The number of aromatic nitrogens is 2. The lowest BCUT2D eigenvalue weighted by atomic mass is 10.3. The lowest BCUT2D eigenvalue weighted by Crippen LogP contribution is -2.02. The highest BCUT2D eigenvalue weighted by Gasteiger charge is 2.16. The Hall–Kier alpha value is -0.880. The first kappa shape index (κ1) is 15.5. The molecule has 0 aliphatic heterocycles. The van der Waals surface area contributed by atoms with Crippen molar-refractivity contribution in [2.75, 3.05) is 5.75 Å². The number of imidazole rings is 1. The van der Waals surface area contributed by atoms with Crippen LogP contribution in [0.2, 0.25) is 15.1 Å². The van der Waals surface area contributed by atoms with Gasteiger partial charge in [0.15, 0.2) is 5.16 Å². The van der Waals surface area contributed by atoms with Crippen LogP contribution in [-0.2, 0) is 4.79 Å². The predicted octanol–water partition coefficient (Wildman–Crippen LogP) is 4.32. The van der Waals surface area contributed by atoms with Crippen molar-refractivity contribution in [3.63, 3.8) is 0 Å². The standard InChI is InChI=1S/C12H9Cl3N2O2S/c1-6-4-17(12(16-6)20-5-10(18)19)11-8(14)2-7(13)3-9(11)15/h2-4H,5H2,1H3,(H,18,19). The highest BCUT2D eigenvalue weighted by molar-refractivity contribution is 7.99. The maximum atomic E-state index is 10.7. The molecule has 8 heteroatoms. The summed E-state index contributed by atoms with van der Waals surface area (Å²) in [5.41, 5.74) is 1.27. The van der Waals surface area contributed by atoms with E-state index in [2.05, 4.69) is 4.98 Å². The first-order valence-electron chi connectivity index (χ1n) is 5.44. The first-order valence-corrected chi connectivity index (χ1v) is 7.56. The van der Waals surface area contributed by atoms with E-state index in [0.29, 0.717) is 25.9 Å². The minimum atomic E-state index is -0.921. The molecule has 0 unspecified atom stereocenters. The van der Waals surface area contributed by atoms with Crippen molar-refractivity contribution in [1.82, 2.24) is 9.55 Å². The molecule has 0 aliphatic carbocycles. The summed E-state index contributed by atoms with van der Waals surface area (Å²) in [6.07, 6.45) is 1.74. The minimum absolute atomic E-state index is 0.0979. The van der Waals surface area contributed by atoms with Crippen LogP contribution >= 0.6 is 46.6 Å². The van der Waals surface area contributed by atoms with Gasteiger partial charge in [-0.25, -0.2) is 4.98 Å². The van der Waals surface area contributed by atoms with Crippen molar-refractivity contribution in [1.29, 1.82) is 0 Å². The van der Waals surface area contributed by atoms with Crippen molar-refractivity contribution in [3.8, 4) is 5.69 Å². The third-order valence-electron chi connectivity index (χ3n) is 2.34. The fraction of sp³-hybridized carbons (Fsp3) is 0.167. The lowest BCUT2D eigenvalue weighted by molar-refractivity contribution is -0.133. The maximum Gasteiger partial charge on any atom is 0.313 e. The summed E-state index contributed by atoms with van der Waals surface area (Å²) in [7, 11) is 0. The van der Waals surface area contributed by atoms with E-state index < -0.39 is 5.97 Å².